The number of aliphatic hydroxyl groups is 1. The first-order valence-electron chi connectivity index (χ1n) is 5.98. The van der Waals surface area contributed by atoms with Gasteiger partial charge in [-0.05, 0) is 19.4 Å². The van der Waals surface area contributed by atoms with E-state index in [-0.39, 0.29) is 0 Å². The number of benzene rings is 1. The Balaban J connectivity index is 1.89. The zero-order valence-corrected chi connectivity index (χ0v) is 11.5. The standard InChI is InChI=1S/C14H18N2OS/c1-11-16-9-13(18-11)8-15-10-14(2,17)12-6-4-3-5-7-12/h3-7,9,15,17H,8,10H2,1-2H3. The van der Waals surface area contributed by atoms with E-state index in [0.29, 0.717) is 6.54 Å². The van der Waals surface area contributed by atoms with Gasteiger partial charge >= 0.3 is 0 Å². The molecular formula is C14H18N2OS. The summed E-state index contributed by atoms with van der Waals surface area (Å²) in [5.41, 5.74) is 0.0825. The average molecular weight is 262 g/mol. The summed E-state index contributed by atoms with van der Waals surface area (Å²) in [6.45, 7) is 5.09. The fourth-order valence-corrected chi connectivity index (χ4v) is 2.58. The van der Waals surface area contributed by atoms with Crippen molar-refractivity contribution in [1.29, 1.82) is 0 Å². The van der Waals surface area contributed by atoms with Gasteiger partial charge in [-0.2, -0.15) is 0 Å². The third-order valence-corrected chi connectivity index (χ3v) is 3.75. The highest BCUT2D eigenvalue weighted by Gasteiger charge is 2.21. The molecule has 0 amide bonds. The van der Waals surface area contributed by atoms with Crippen molar-refractivity contribution < 1.29 is 5.11 Å². The van der Waals surface area contributed by atoms with Crippen molar-refractivity contribution in [3.63, 3.8) is 0 Å². The van der Waals surface area contributed by atoms with Crippen LogP contribution in [-0.4, -0.2) is 16.6 Å². The molecule has 1 atom stereocenters. The van der Waals surface area contributed by atoms with E-state index in [1.54, 1.807) is 11.3 Å². The van der Waals surface area contributed by atoms with Gasteiger partial charge in [0.1, 0.15) is 0 Å². The zero-order chi connectivity index (χ0) is 13.0. The minimum atomic E-state index is -0.846. The van der Waals surface area contributed by atoms with Gasteiger partial charge in [0.15, 0.2) is 0 Å². The number of aromatic nitrogens is 1. The van der Waals surface area contributed by atoms with E-state index in [1.165, 1.54) is 4.88 Å². The van der Waals surface area contributed by atoms with Crippen LogP contribution in [0.4, 0.5) is 0 Å². The molecule has 18 heavy (non-hydrogen) atoms. The summed E-state index contributed by atoms with van der Waals surface area (Å²) in [6.07, 6.45) is 1.88. The summed E-state index contributed by atoms with van der Waals surface area (Å²) in [6, 6.07) is 9.72. The summed E-state index contributed by atoms with van der Waals surface area (Å²) in [4.78, 5) is 5.40. The molecule has 2 aromatic rings. The molecule has 96 valence electrons. The van der Waals surface area contributed by atoms with Gasteiger partial charge in [-0.1, -0.05) is 30.3 Å². The molecule has 0 saturated heterocycles. The predicted octanol–water partition coefficient (Wildman–Crippen LogP) is 2.45. The minimum absolute atomic E-state index is 0.522. The Hall–Kier alpha value is -1.23. The van der Waals surface area contributed by atoms with Gasteiger partial charge in [-0.25, -0.2) is 4.98 Å². The van der Waals surface area contributed by atoms with Crippen molar-refractivity contribution in [3.8, 4) is 0 Å². The monoisotopic (exact) mass is 262 g/mol. The van der Waals surface area contributed by atoms with Crippen LogP contribution in [0.2, 0.25) is 0 Å². The predicted molar refractivity (Wildman–Crippen MR) is 74.6 cm³/mol. The molecule has 2 N–H and O–H groups in total. The highest BCUT2D eigenvalue weighted by molar-refractivity contribution is 7.11. The fourth-order valence-electron chi connectivity index (χ4n) is 1.82. The Morgan fingerprint density at radius 2 is 2.06 bits per heavy atom. The maximum Gasteiger partial charge on any atom is 0.0992 e. The molecule has 0 aliphatic carbocycles. The maximum atomic E-state index is 10.4. The van der Waals surface area contributed by atoms with Gasteiger partial charge in [-0.3, -0.25) is 0 Å². The Bertz CT molecular complexity index is 494. The lowest BCUT2D eigenvalue weighted by molar-refractivity contribution is 0.0567. The van der Waals surface area contributed by atoms with Crippen LogP contribution in [0.15, 0.2) is 36.5 Å². The van der Waals surface area contributed by atoms with Crippen LogP contribution in [0.5, 0.6) is 0 Å². The van der Waals surface area contributed by atoms with Crippen molar-refractivity contribution in [2.75, 3.05) is 6.54 Å². The first-order chi connectivity index (χ1) is 8.58. The van der Waals surface area contributed by atoms with E-state index in [4.69, 9.17) is 0 Å². The molecule has 0 spiro atoms. The van der Waals surface area contributed by atoms with Gasteiger partial charge in [0.2, 0.25) is 0 Å². The Kier molecular flexibility index (Phi) is 4.11. The Morgan fingerprint density at radius 3 is 2.67 bits per heavy atom. The topological polar surface area (TPSA) is 45.2 Å². The number of aryl methyl sites for hydroxylation is 1. The number of rotatable bonds is 5. The van der Waals surface area contributed by atoms with Crippen LogP contribution < -0.4 is 5.32 Å². The molecule has 0 bridgehead atoms. The van der Waals surface area contributed by atoms with Gasteiger partial charge in [0.05, 0.1) is 10.6 Å². The van der Waals surface area contributed by atoms with E-state index in [9.17, 15) is 5.11 Å². The molecule has 0 radical (unpaired) electrons. The fraction of sp³-hybridized carbons (Fsp3) is 0.357. The number of nitrogens with one attached hydrogen (secondary N) is 1. The van der Waals surface area contributed by atoms with Gasteiger partial charge in [0, 0.05) is 24.2 Å². The molecule has 0 saturated carbocycles. The van der Waals surface area contributed by atoms with Gasteiger partial charge in [-0.15, -0.1) is 11.3 Å². The van der Waals surface area contributed by atoms with Crippen molar-refractivity contribution >= 4 is 11.3 Å². The molecule has 1 aromatic carbocycles. The van der Waals surface area contributed by atoms with E-state index >= 15 is 0 Å². The molecule has 3 nitrogen and oxygen atoms in total. The van der Waals surface area contributed by atoms with Crippen LogP contribution >= 0.6 is 11.3 Å². The summed E-state index contributed by atoms with van der Waals surface area (Å²) in [7, 11) is 0. The molecular weight excluding hydrogens is 244 g/mol. The largest absolute Gasteiger partial charge is 0.384 e. The summed E-state index contributed by atoms with van der Waals surface area (Å²) < 4.78 is 0. The molecule has 1 heterocycles. The molecule has 0 fully saturated rings. The molecule has 1 unspecified atom stereocenters. The van der Waals surface area contributed by atoms with Crippen molar-refractivity contribution in [3.05, 3.63) is 52.0 Å². The molecule has 1 aromatic heterocycles. The highest BCUT2D eigenvalue weighted by Crippen LogP contribution is 2.19. The van der Waals surface area contributed by atoms with Gasteiger partial charge in [0.25, 0.3) is 0 Å². The quantitative estimate of drug-likeness (QED) is 0.870. The van der Waals surface area contributed by atoms with Gasteiger partial charge < -0.3 is 10.4 Å². The lowest BCUT2D eigenvalue weighted by atomic mass is 9.96. The third kappa shape index (κ3) is 3.38. The average Bonchev–Trinajstić information content (AvgIpc) is 2.76. The lowest BCUT2D eigenvalue weighted by Gasteiger charge is -2.24. The number of hydrogen-bond acceptors (Lipinski definition) is 4. The molecule has 2 rings (SSSR count). The first-order valence-corrected chi connectivity index (χ1v) is 6.79. The lowest BCUT2D eigenvalue weighted by Crippen LogP contribution is -2.34. The van der Waals surface area contributed by atoms with E-state index in [2.05, 4.69) is 10.3 Å². The summed E-state index contributed by atoms with van der Waals surface area (Å²) in [5, 5.41) is 14.7. The second kappa shape index (κ2) is 5.61. The van der Waals surface area contributed by atoms with E-state index < -0.39 is 5.60 Å². The van der Waals surface area contributed by atoms with Crippen LogP contribution in [0.1, 0.15) is 22.4 Å². The number of hydrogen-bond donors (Lipinski definition) is 2. The van der Waals surface area contributed by atoms with Crippen molar-refractivity contribution in [2.45, 2.75) is 26.0 Å². The zero-order valence-electron chi connectivity index (χ0n) is 10.7. The second-order valence-electron chi connectivity index (χ2n) is 4.59. The SMILES string of the molecule is Cc1ncc(CNCC(C)(O)c2ccccc2)s1. The third-order valence-electron chi connectivity index (χ3n) is 2.83. The van der Waals surface area contributed by atoms with Crippen LogP contribution in [-0.2, 0) is 12.1 Å². The van der Waals surface area contributed by atoms with Crippen LogP contribution in [0, 0.1) is 6.92 Å². The van der Waals surface area contributed by atoms with E-state index in [1.807, 2.05) is 50.4 Å². The van der Waals surface area contributed by atoms with Crippen molar-refractivity contribution in [1.82, 2.24) is 10.3 Å². The van der Waals surface area contributed by atoms with Crippen LogP contribution in [0.3, 0.4) is 0 Å². The number of thiazole rings is 1. The Morgan fingerprint density at radius 1 is 1.33 bits per heavy atom. The summed E-state index contributed by atoms with van der Waals surface area (Å²) >= 11 is 1.68. The van der Waals surface area contributed by atoms with Crippen LogP contribution in [0.25, 0.3) is 0 Å². The minimum Gasteiger partial charge on any atom is -0.384 e. The number of nitrogens with zero attached hydrogens (tertiary/aromatic N) is 1. The normalized spacial score (nSPS) is 14.4. The highest BCUT2D eigenvalue weighted by atomic mass is 32.1. The molecule has 0 aliphatic heterocycles. The smallest absolute Gasteiger partial charge is 0.0992 e. The molecule has 0 aliphatic rings. The second-order valence-corrected chi connectivity index (χ2v) is 5.91. The van der Waals surface area contributed by atoms with E-state index in [0.717, 1.165) is 17.1 Å². The maximum absolute atomic E-state index is 10.4. The van der Waals surface area contributed by atoms with Crippen molar-refractivity contribution in [2.24, 2.45) is 0 Å². The Labute approximate surface area is 112 Å². The summed E-state index contributed by atoms with van der Waals surface area (Å²) in [5.74, 6) is 0. The molecule has 4 heteroatoms. The first kappa shape index (κ1) is 13.2.